The predicted octanol–water partition coefficient (Wildman–Crippen LogP) is 0.381. The summed E-state index contributed by atoms with van der Waals surface area (Å²) in [7, 11) is 3.68. The van der Waals surface area contributed by atoms with Crippen molar-refractivity contribution in [1.82, 2.24) is 14.5 Å². The fourth-order valence-electron chi connectivity index (χ4n) is 2.22. The first kappa shape index (κ1) is 14.7. The van der Waals surface area contributed by atoms with Crippen molar-refractivity contribution >= 4 is 12.2 Å². The van der Waals surface area contributed by atoms with Gasteiger partial charge in [0, 0.05) is 26.2 Å². The molecule has 2 rings (SSSR count). The van der Waals surface area contributed by atoms with E-state index in [1.807, 2.05) is 21.0 Å². The Morgan fingerprint density at radius 2 is 2.40 bits per heavy atom. The molecule has 1 unspecified atom stereocenters. The van der Waals surface area contributed by atoms with E-state index in [1.165, 1.54) is 4.57 Å². The molecular formula is C13H20N4O3. The minimum Gasteiger partial charge on any atom is -0.394 e. The number of hydrogen-bond donors (Lipinski definition) is 1. The molecule has 0 radical (unpaired) electrons. The Labute approximate surface area is 117 Å². The number of rotatable bonds is 4. The average Bonchev–Trinajstić information content (AvgIpc) is 2.78. The predicted molar refractivity (Wildman–Crippen MR) is 75.1 cm³/mol. The zero-order valence-corrected chi connectivity index (χ0v) is 11.9. The largest absolute Gasteiger partial charge is 0.394 e. The van der Waals surface area contributed by atoms with E-state index in [0.29, 0.717) is 5.82 Å². The normalized spacial score (nSPS) is 26.3. The van der Waals surface area contributed by atoms with Gasteiger partial charge in [0.15, 0.2) is 5.82 Å². The molecule has 3 atom stereocenters. The van der Waals surface area contributed by atoms with Gasteiger partial charge in [-0.15, -0.1) is 0 Å². The molecule has 0 spiro atoms. The Morgan fingerprint density at radius 1 is 1.65 bits per heavy atom. The minimum atomic E-state index is -0.395. The third kappa shape index (κ3) is 3.23. The van der Waals surface area contributed by atoms with Crippen molar-refractivity contribution in [1.29, 1.82) is 0 Å². The van der Waals surface area contributed by atoms with Gasteiger partial charge in [-0.25, -0.2) is 9.79 Å². The van der Waals surface area contributed by atoms with Crippen molar-refractivity contribution in [2.75, 3.05) is 20.7 Å². The fraction of sp³-hybridized carbons (Fsp3) is 0.615. The van der Waals surface area contributed by atoms with E-state index in [0.717, 1.165) is 6.42 Å². The van der Waals surface area contributed by atoms with Crippen LogP contribution in [0.25, 0.3) is 0 Å². The maximum Gasteiger partial charge on any atom is 0.351 e. The molecule has 1 aromatic rings. The van der Waals surface area contributed by atoms with E-state index in [2.05, 4.69) is 9.98 Å². The zero-order chi connectivity index (χ0) is 14.7. The van der Waals surface area contributed by atoms with E-state index in [4.69, 9.17) is 9.84 Å². The SMILES string of the molecule is C[C@H]1C[C@@H](CO)OC1n1ccc(N=CN(C)C)nc1=O. The minimum absolute atomic E-state index is 0.0335. The molecule has 7 nitrogen and oxygen atoms in total. The molecule has 0 amide bonds. The van der Waals surface area contributed by atoms with Crippen LogP contribution in [0.4, 0.5) is 5.82 Å². The van der Waals surface area contributed by atoms with Crippen molar-refractivity contribution in [3.05, 3.63) is 22.7 Å². The van der Waals surface area contributed by atoms with Crippen LogP contribution in [0.15, 0.2) is 22.1 Å². The molecule has 1 aliphatic heterocycles. The summed E-state index contributed by atoms with van der Waals surface area (Å²) >= 11 is 0. The highest BCUT2D eigenvalue weighted by molar-refractivity contribution is 5.58. The number of nitrogens with zero attached hydrogens (tertiary/aromatic N) is 4. The van der Waals surface area contributed by atoms with E-state index < -0.39 is 5.69 Å². The van der Waals surface area contributed by atoms with Gasteiger partial charge in [-0.2, -0.15) is 4.98 Å². The van der Waals surface area contributed by atoms with Gasteiger partial charge in [-0.05, 0) is 12.5 Å². The quantitative estimate of drug-likeness (QED) is 0.637. The molecule has 1 fully saturated rings. The lowest BCUT2D eigenvalue weighted by Crippen LogP contribution is -2.29. The smallest absolute Gasteiger partial charge is 0.351 e. The highest BCUT2D eigenvalue weighted by atomic mass is 16.5. The molecule has 1 aromatic heterocycles. The molecule has 20 heavy (non-hydrogen) atoms. The topological polar surface area (TPSA) is 80.0 Å². The molecule has 0 saturated carbocycles. The van der Waals surface area contributed by atoms with E-state index in [1.54, 1.807) is 23.5 Å². The van der Waals surface area contributed by atoms with Gasteiger partial charge in [-0.1, -0.05) is 6.92 Å². The Bertz CT molecular complexity index is 541. The second-order valence-electron chi connectivity index (χ2n) is 5.23. The Hall–Kier alpha value is -1.73. The first-order chi connectivity index (χ1) is 9.51. The van der Waals surface area contributed by atoms with Gasteiger partial charge in [0.2, 0.25) is 0 Å². The summed E-state index contributed by atoms with van der Waals surface area (Å²) in [5.41, 5.74) is -0.395. The third-order valence-electron chi connectivity index (χ3n) is 3.17. The van der Waals surface area contributed by atoms with Crippen LogP contribution in [0.3, 0.4) is 0 Å². The van der Waals surface area contributed by atoms with Crippen LogP contribution >= 0.6 is 0 Å². The maximum absolute atomic E-state index is 12.0. The van der Waals surface area contributed by atoms with Gasteiger partial charge in [-0.3, -0.25) is 4.57 Å². The summed E-state index contributed by atoms with van der Waals surface area (Å²) < 4.78 is 7.11. The molecule has 0 aromatic carbocycles. The van der Waals surface area contributed by atoms with Crippen molar-refractivity contribution in [3.8, 4) is 0 Å². The third-order valence-corrected chi connectivity index (χ3v) is 3.17. The molecule has 1 saturated heterocycles. The fourth-order valence-corrected chi connectivity index (χ4v) is 2.22. The van der Waals surface area contributed by atoms with Crippen LogP contribution in [-0.2, 0) is 4.74 Å². The van der Waals surface area contributed by atoms with Gasteiger partial charge in [0.25, 0.3) is 0 Å². The zero-order valence-electron chi connectivity index (χ0n) is 11.9. The van der Waals surface area contributed by atoms with Crippen LogP contribution < -0.4 is 5.69 Å². The van der Waals surface area contributed by atoms with E-state index in [-0.39, 0.29) is 24.9 Å². The first-order valence-corrected chi connectivity index (χ1v) is 6.57. The molecular weight excluding hydrogens is 260 g/mol. The monoisotopic (exact) mass is 280 g/mol. The number of ether oxygens (including phenoxy) is 1. The summed E-state index contributed by atoms with van der Waals surface area (Å²) in [6.07, 6.45) is 3.36. The van der Waals surface area contributed by atoms with Crippen molar-refractivity contribution in [2.45, 2.75) is 25.7 Å². The Morgan fingerprint density at radius 3 is 2.95 bits per heavy atom. The number of aliphatic hydroxyl groups is 1. The summed E-state index contributed by atoms with van der Waals surface area (Å²) in [5.74, 6) is 0.520. The lowest BCUT2D eigenvalue weighted by molar-refractivity contribution is -0.0335. The van der Waals surface area contributed by atoms with E-state index in [9.17, 15) is 4.79 Å². The van der Waals surface area contributed by atoms with Crippen LogP contribution in [0.1, 0.15) is 19.6 Å². The standard InChI is InChI=1S/C13H20N4O3/c1-9-6-10(7-18)20-12(9)17-5-4-11(15-13(17)19)14-8-16(2)3/h4-5,8-10,12,18H,6-7H2,1-3H3/t9-,10-,12?/m0/s1. The Balaban J connectivity index is 2.20. The molecule has 2 heterocycles. The van der Waals surface area contributed by atoms with Gasteiger partial charge in [0.05, 0.1) is 19.0 Å². The summed E-state index contributed by atoms with van der Waals surface area (Å²) in [5, 5.41) is 9.13. The lowest BCUT2D eigenvalue weighted by Gasteiger charge is -2.17. The maximum atomic E-state index is 12.0. The molecule has 0 bridgehead atoms. The van der Waals surface area contributed by atoms with Crippen molar-refractivity contribution in [2.24, 2.45) is 10.9 Å². The van der Waals surface area contributed by atoms with Gasteiger partial charge in [0.1, 0.15) is 6.23 Å². The molecule has 110 valence electrons. The first-order valence-electron chi connectivity index (χ1n) is 6.57. The van der Waals surface area contributed by atoms with Crippen molar-refractivity contribution < 1.29 is 9.84 Å². The highest BCUT2D eigenvalue weighted by Gasteiger charge is 2.33. The lowest BCUT2D eigenvalue weighted by atomic mass is 10.1. The number of aliphatic hydroxyl groups excluding tert-OH is 1. The summed E-state index contributed by atoms with van der Waals surface area (Å²) in [6, 6.07) is 1.67. The molecule has 1 N–H and O–H groups in total. The van der Waals surface area contributed by atoms with Crippen LogP contribution in [-0.4, -0.2) is 52.7 Å². The number of aromatic nitrogens is 2. The van der Waals surface area contributed by atoms with Crippen LogP contribution in [0.5, 0.6) is 0 Å². The second-order valence-corrected chi connectivity index (χ2v) is 5.23. The summed E-state index contributed by atoms with van der Waals surface area (Å²) in [4.78, 5) is 21.8. The van der Waals surface area contributed by atoms with Crippen LogP contribution in [0, 0.1) is 5.92 Å². The Kier molecular flexibility index (Phi) is 4.51. The molecule has 1 aliphatic rings. The van der Waals surface area contributed by atoms with Crippen molar-refractivity contribution in [3.63, 3.8) is 0 Å². The molecule has 7 heteroatoms. The molecule has 0 aliphatic carbocycles. The number of aliphatic imine (C=N–C) groups is 1. The second kappa shape index (κ2) is 6.15. The number of hydrogen-bond acceptors (Lipinski definition) is 5. The highest BCUT2D eigenvalue weighted by Crippen LogP contribution is 2.32. The summed E-state index contributed by atoms with van der Waals surface area (Å²) in [6.45, 7) is 1.96. The average molecular weight is 280 g/mol. The van der Waals surface area contributed by atoms with E-state index >= 15 is 0 Å². The van der Waals surface area contributed by atoms with Gasteiger partial charge < -0.3 is 14.7 Å². The van der Waals surface area contributed by atoms with Crippen LogP contribution in [0.2, 0.25) is 0 Å². The van der Waals surface area contributed by atoms with Gasteiger partial charge >= 0.3 is 5.69 Å².